The highest BCUT2D eigenvalue weighted by Gasteiger charge is 2.16. The molecule has 96 valence electrons. The molecule has 3 rings (SSSR count). The van der Waals surface area contributed by atoms with Crippen molar-refractivity contribution in [2.24, 2.45) is 7.05 Å². The minimum atomic E-state index is 0.0876. The Balaban J connectivity index is 2.09. The normalized spacial score (nSPS) is 12.7. The number of hydrogen-bond acceptors (Lipinski definition) is 3. The summed E-state index contributed by atoms with van der Waals surface area (Å²) in [4.78, 5) is 8.77. The van der Waals surface area contributed by atoms with E-state index >= 15 is 0 Å². The standard InChI is InChI=1S/C15H16N4/c1-16-14(15-18-8-9-19(15)2)12-5-6-13-11(10-12)4-3-7-17-13/h3-10,14,16H,1-2H3. The predicted molar refractivity (Wildman–Crippen MR) is 75.9 cm³/mol. The molecule has 1 N–H and O–H groups in total. The van der Waals surface area contributed by atoms with Crippen LogP contribution in [-0.4, -0.2) is 21.6 Å². The van der Waals surface area contributed by atoms with Gasteiger partial charge in [0.2, 0.25) is 0 Å². The fourth-order valence-electron chi connectivity index (χ4n) is 2.37. The van der Waals surface area contributed by atoms with Crippen molar-refractivity contribution < 1.29 is 0 Å². The van der Waals surface area contributed by atoms with Crippen molar-refractivity contribution in [3.05, 3.63) is 60.3 Å². The molecule has 1 atom stereocenters. The second-order valence-electron chi connectivity index (χ2n) is 4.57. The van der Waals surface area contributed by atoms with Crippen molar-refractivity contribution in [1.29, 1.82) is 0 Å². The first kappa shape index (κ1) is 11.9. The van der Waals surface area contributed by atoms with E-state index in [9.17, 15) is 0 Å². The summed E-state index contributed by atoms with van der Waals surface area (Å²) in [6.45, 7) is 0. The molecule has 2 aromatic heterocycles. The number of nitrogens with zero attached hydrogens (tertiary/aromatic N) is 3. The molecule has 2 heterocycles. The number of rotatable bonds is 3. The summed E-state index contributed by atoms with van der Waals surface area (Å²) in [6, 6.07) is 10.4. The molecule has 19 heavy (non-hydrogen) atoms. The van der Waals surface area contributed by atoms with Crippen LogP contribution in [0.2, 0.25) is 0 Å². The molecule has 4 nitrogen and oxygen atoms in total. The largest absolute Gasteiger partial charge is 0.336 e. The zero-order chi connectivity index (χ0) is 13.2. The van der Waals surface area contributed by atoms with Gasteiger partial charge >= 0.3 is 0 Å². The molecule has 3 aromatic rings. The van der Waals surface area contributed by atoms with Gasteiger partial charge in [-0.15, -0.1) is 0 Å². The Morgan fingerprint density at radius 2 is 2.05 bits per heavy atom. The van der Waals surface area contributed by atoms with Crippen LogP contribution < -0.4 is 5.32 Å². The highest BCUT2D eigenvalue weighted by atomic mass is 15.1. The van der Waals surface area contributed by atoms with Crippen molar-refractivity contribution in [2.75, 3.05) is 7.05 Å². The van der Waals surface area contributed by atoms with Crippen LogP contribution >= 0.6 is 0 Å². The van der Waals surface area contributed by atoms with E-state index in [4.69, 9.17) is 0 Å². The van der Waals surface area contributed by atoms with Gasteiger partial charge in [-0.2, -0.15) is 0 Å². The van der Waals surface area contributed by atoms with Gasteiger partial charge in [0.05, 0.1) is 11.6 Å². The highest BCUT2D eigenvalue weighted by molar-refractivity contribution is 5.79. The molecule has 0 amide bonds. The smallest absolute Gasteiger partial charge is 0.130 e. The Kier molecular flexibility index (Phi) is 3.01. The molecular formula is C15H16N4. The quantitative estimate of drug-likeness (QED) is 0.777. The first-order chi connectivity index (χ1) is 9.29. The third kappa shape index (κ3) is 2.11. The van der Waals surface area contributed by atoms with Crippen LogP contribution in [0.15, 0.2) is 48.9 Å². The Bertz CT molecular complexity index is 702. The SMILES string of the molecule is CNC(c1ccc2ncccc2c1)c1nccn1C. The zero-order valence-corrected chi connectivity index (χ0v) is 11.0. The van der Waals surface area contributed by atoms with Crippen LogP contribution in [0.25, 0.3) is 10.9 Å². The first-order valence-electron chi connectivity index (χ1n) is 6.29. The van der Waals surface area contributed by atoms with Gasteiger partial charge in [-0.05, 0) is 30.8 Å². The van der Waals surface area contributed by atoms with Crippen LogP contribution in [0.4, 0.5) is 0 Å². The molecule has 0 fully saturated rings. The Labute approximate surface area is 112 Å². The van der Waals surface area contributed by atoms with E-state index in [0.717, 1.165) is 16.7 Å². The number of aromatic nitrogens is 3. The highest BCUT2D eigenvalue weighted by Crippen LogP contribution is 2.23. The summed E-state index contributed by atoms with van der Waals surface area (Å²) in [5.74, 6) is 1.01. The number of fused-ring (bicyclic) bond motifs is 1. The van der Waals surface area contributed by atoms with Gasteiger partial charge in [0, 0.05) is 31.0 Å². The van der Waals surface area contributed by atoms with Crippen LogP contribution in [-0.2, 0) is 7.05 Å². The molecule has 0 saturated carbocycles. The summed E-state index contributed by atoms with van der Waals surface area (Å²) in [5, 5.41) is 4.47. The molecule has 0 saturated heterocycles. The van der Waals surface area contributed by atoms with Gasteiger partial charge in [0.25, 0.3) is 0 Å². The van der Waals surface area contributed by atoms with Gasteiger partial charge in [0.1, 0.15) is 5.82 Å². The molecule has 0 aliphatic carbocycles. The van der Waals surface area contributed by atoms with Crippen LogP contribution in [0.3, 0.4) is 0 Å². The molecule has 0 aliphatic heterocycles. The molecule has 0 bridgehead atoms. The second kappa shape index (κ2) is 4.82. The fraction of sp³-hybridized carbons (Fsp3) is 0.200. The van der Waals surface area contributed by atoms with E-state index in [0.29, 0.717) is 0 Å². The van der Waals surface area contributed by atoms with E-state index in [1.165, 1.54) is 5.56 Å². The molecular weight excluding hydrogens is 236 g/mol. The summed E-state index contributed by atoms with van der Waals surface area (Å²) in [6.07, 6.45) is 5.60. The molecule has 0 aliphatic rings. The summed E-state index contributed by atoms with van der Waals surface area (Å²) in [5.41, 5.74) is 2.21. The number of aryl methyl sites for hydroxylation is 1. The number of pyridine rings is 1. The maximum absolute atomic E-state index is 4.43. The Morgan fingerprint density at radius 3 is 2.79 bits per heavy atom. The van der Waals surface area contributed by atoms with Crippen molar-refractivity contribution in [2.45, 2.75) is 6.04 Å². The first-order valence-corrected chi connectivity index (χ1v) is 6.29. The summed E-state index contributed by atoms with van der Waals surface area (Å²) >= 11 is 0. The monoisotopic (exact) mass is 252 g/mol. The number of benzene rings is 1. The van der Waals surface area contributed by atoms with E-state index in [1.807, 2.05) is 43.3 Å². The molecule has 4 heteroatoms. The molecule has 0 radical (unpaired) electrons. The van der Waals surface area contributed by atoms with Crippen molar-refractivity contribution in [3.63, 3.8) is 0 Å². The maximum Gasteiger partial charge on any atom is 0.130 e. The average Bonchev–Trinajstić information content (AvgIpc) is 2.86. The van der Waals surface area contributed by atoms with Crippen molar-refractivity contribution in [1.82, 2.24) is 19.9 Å². The summed E-state index contributed by atoms with van der Waals surface area (Å²) in [7, 11) is 3.96. The topological polar surface area (TPSA) is 42.7 Å². The van der Waals surface area contributed by atoms with E-state index in [-0.39, 0.29) is 6.04 Å². The third-order valence-corrected chi connectivity index (χ3v) is 3.37. The molecule has 1 aromatic carbocycles. The predicted octanol–water partition coefficient (Wildman–Crippen LogP) is 2.28. The van der Waals surface area contributed by atoms with Gasteiger partial charge in [-0.25, -0.2) is 4.98 Å². The third-order valence-electron chi connectivity index (χ3n) is 3.37. The lowest BCUT2D eigenvalue weighted by molar-refractivity contribution is 0.618. The average molecular weight is 252 g/mol. The van der Waals surface area contributed by atoms with Crippen molar-refractivity contribution >= 4 is 10.9 Å². The van der Waals surface area contributed by atoms with Gasteiger partial charge in [-0.3, -0.25) is 4.98 Å². The van der Waals surface area contributed by atoms with Crippen LogP contribution in [0.1, 0.15) is 17.4 Å². The lowest BCUT2D eigenvalue weighted by Gasteiger charge is -2.17. The summed E-state index contributed by atoms with van der Waals surface area (Å²) < 4.78 is 2.04. The number of hydrogen-bond donors (Lipinski definition) is 1. The fourth-order valence-corrected chi connectivity index (χ4v) is 2.37. The van der Waals surface area contributed by atoms with Gasteiger partial charge in [-0.1, -0.05) is 12.1 Å². The second-order valence-corrected chi connectivity index (χ2v) is 4.57. The van der Waals surface area contributed by atoms with E-state index in [1.54, 1.807) is 0 Å². The number of imidazole rings is 1. The van der Waals surface area contributed by atoms with Crippen LogP contribution in [0.5, 0.6) is 0 Å². The van der Waals surface area contributed by atoms with E-state index in [2.05, 4.69) is 39.6 Å². The maximum atomic E-state index is 4.43. The Hall–Kier alpha value is -2.20. The van der Waals surface area contributed by atoms with Crippen LogP contribution in [0, 0.1) is 0 Å². The minimum absolute atomic E-state index is 0.0876. The molecule has 0 spiro atoms. The van der Waals surface area contributed by atoms with Gasteiger partial charge in [0.15, 0.2) is 0 Å². The van der Waals surface area contributed by atoms with E-state index < -0.39 is 0 Å². The van der Waals surface area contributed by atoms with Gasteiger partial charge < -0.3 is 9.88 Å². The lowest BCUT2D eigenvalue weighted by Crippen LogP contribution is -2.21. The molecule has 1 unspecified atom stereocenters. The van der Waals surface area contributed by atoms with Crippen molar-refractivity contribution in [3.8, 4) is 0 Å². The Morgan fingerprint density at radius 1 is 1.16 bits per heavy atom. The number of nitrogens with one attached hydrogen (secondary N) is 1. The zero-order valence-electron chi connectivity index (χ0n) is 11.0. The lowest BCUT2D eigenvalue weighted by atomic mass is 10.0. The minimum Gasteiger partial charge on any atom is -0.336 e.